The van der Waals surface area contributed by atoms with Gasteiger partial charge in [-0.25, -0.2) is 4.98 Å². The summed E-state index contributed by atoms with van der Waals surface area (Å²) < 4.78 is 5.44. The second kappa shape index (κ2) is 9.91. The summed E-state index contributed by atoms with van der Waals surface area (Å²) in [4.78, 5) is 27.9. The second-order valence-electron chi connectivity index (χ2n) is 5.85. The van der Waals surface area contributed by atoms with E-state index in [0.717, 1.165) is 29.2 Å². The van der Waals surface area contributed by atoms with Gasteiger partial charge in [0.15, 0.2) is 0 Å². The number of benzene rings is 1. The molecule has 140 valence electrons. The molecule has 0 saturated heterocycles. The molecule has 1 amide bonds. The summed E-state index contributed by atoms with van der Waals surface area (Å²) in [6.45, 7) is 4.93. The minimum Gasteiger partial charge on any atom is -0.494 e. The number of carboxylic acids is 1. The molecular formula is C19H24N2O4S. The first-order valence-corrected chi connectivity index (χ1v) is 9.53. The summed E-state index contributed by atoms with van der Waals surface area (Å²) in [5.74, 6) is -0.100. The lowest BCUT2D eigenvalue weighted by Gasteiger charge is -2.03. The van der Waals surface area contributed by atoms with Gasteiger partial charge in [-0.3, -0.25) is 9.59 Å². The molecule has 2 rings (SSSR count). The highest BCUT2D eigenvalue weighted by Gasteiger charge is 2.16. The summed E-state index contributed by atoms with van der Waals surface area (Å²) in [7, 11) is 0. The van der Waals surface area contributed by atoms with E-state index >= 15 is 0 Å². The molecule has 1 aromatic heterocycles. The number of hydrogen-bond donors (Lipinski definition) is 2. The van der Waals surface area contributed by atoms with Crippen molar-refractivity contribution in [3.63, 3.8) is 0 Å². The van der Waals surface area contributed by atoms with E-state index in [0.29, 0.717) is 30.1 Å². The van der Waals surface area contributed by atoms with Crippen LogP contribution in [0, 0.1) is 6.92 Å². The first-order valence-electron chi connectivity index (χ1n) is 8.72. The maximum atomic E-state index is 12.3. The van der Waals surface area contributed by atoms with Crippen LogP contribution in [0.5, 0.6) is 5.75 Å². The van der Waals surface area contributed by atoms with Crippen LogP contribution in [0.4, 0.5) is 0 Å². The summed E-state index contributed by atoms with van der Waals surface area (Å²) in [6, 6.07) is 7.67. The van der Waals surface area contributed by atoms with E-state index in [2.05, 4.69) is 10.3 Å². The minimum atomic E-state index is -0.781. The monoisotopic (exact) mass is 376 g/mol. The Morgan fingerprint density at radius 3 is 2.58 bits per heavy atom. The number of amides is 1. The maximum absolute atomic E-state index is 12.3. The average molecular weight is 376 g/mol. The lowest BCUT2D eigenvalue weighted by Crippen LogP contribution is -2.24. The second-order valence-corrected chi connectivity index (χ2v) is 6.85. The Labute approximate surface area is 157 Å². The molecule has 2 aromatic rings. The molecule has 26 heavy (non-hydrogen) atoms. The minimum absolute atomic E-state index is 0.129. The molecule has 6 nitrogen and oxygen atoms in total. The van der Waals surface area contributed by atoms with E-state index in [9.17, 15) is 9.59 Å². The molecule has 0 spiro atoms. The summed E-state index contributed by atoms with van der Waals surface area (Å²) >= 11 is 1.37. The number of unbranched alkanes of at least 4 members (excludes halogenated alkanes) is 2. The molecule has 0 aliphatic rings. The predicted molar refractivity (Wildman–Crippen MR) is 102 cm³/mol. The molecule has 0 fully saturated rings. The molecular weight excluding hydrogens is 352 g/mol. The van der Waals surface area contributed by atoms with E-state index < -0.39 is 5.97 Å². The number of carbonyl (C=O) groups excluding carboxylic acids is 1. The highest BCUT2D eigenvalue weighted by atomic mass is 32.1. The van der Waals surface area contributed by atoms with Gasteiger partial charge in [0.2, 0.25) is 0 Å². The number of hydrogen-bond acceptors (Lipinski definition) is 5. The topological polar surface area (TPSA) is 88.5 Å². The van der Waals surface area contributed by atoms with Gasteiger partial charge >= 0.3 is 5.97 Å². The molecule has 0 aliphatic carbocycles. The maximum Gasteiger partial charge on any atom is 0.303 e. The molecule has 1 heterocycles. The molecule has 0 saturated carbocycles. The molecule has 0 bridgehead atoms. The van der Waals surface area contributed by atoms with Crippen LogP contribution in [-0.4, -0.2) is 35.1 Å². The van der Waals surface area contributed by atoms with Gasteiger partial charge in [0, 0.05) is 18.5 Å². The van der Waals surface area contributed by atoms with Crippen molar-refractivity contribution in [2.45, 2.75) is 39.5 Å². The Hall–Kier alpha value is -2.41. The number of carboxylic acid groups (broad SMARTS) is 1. The Kier molecular flexibility index (Phi) is 7.59. The zero-order chi connectivity index (χ0) is 18.9. The summed E-state index contributed by atoms with van der Waals surface area (Å²) in [6.07, 6.45) is 2.36. The molecule has 0 aliphatic heterocycles. The van der Waals surface area contributed by atoms with Crippen LogP contribution in [0.1, 0.15) is 48.0 Å². The Balaban J connectivity index is 1.90. The van der Waals surface area contributed by atoms with Crippen molar-refractivity contribution in [1.29, 1.82) is 0 Å². The lowest BCUT2D eigenvalue weighted by molar-refractivity contribution is -0.137. The fourth-order valence-corrected chi connectivity index (χ4v) is 3.44. The summed E-state index contributed by atoms with van der Waals surface area (Å²) in [5.41, 5.74) is 1.66. The van der Waals surface area contributed by atoms with E-state index in [1.165, 1.54) is 11.3 Å². The van der Waals surface area contributed by atoms with E-state index in [1.54, 1.807) is 0 Å². The molecule has 7 heteroatoms. The van der Waals surface area contributed by atoms with Crippen molar-refractivity contribution in [2.75, 3.05) is 13.2 Å². The van der Waals surface area contributed by atoms with Crippen molar-refractivity contribution in [2.24, 2.45) is 0 Å². The first kappa shape index (κ1) is 19.9. The van der Waals surface area contributed by atoms with Gasteiger partial charge < -0.3 is 15.2 Å². The molecule has 0 unspecified atom stereocenters. The third-order valence-electron chi connectivity index (χ3n) is 3.77. The molecule has 1 aromatic carbocycles. The quantitative estimate of drug-likeness (QED) is 0.614. The summed E-state index contributed by atoms with van der Waals surface area (Å²) in [5, 5.41) is 12.3. The highest BCUT2D eigenvalue weighted by Crippen LogP contribution is 2.29. The average Bonchev–Trinajstić information content (AvgIpc) is 3.00. The highest BCUT2D eigenvalue weighted by molar-refractivity contribution is 7.17. The molecule has 0 atom stereocenters. The smallest absolute Gasteiger partial charge is 0.303 e. The fourth-order valence-electron chi connectivity index (χ4n) is 2.45. The number of rotatable bonds is 10. The van der Waals surface area contributed by atoms with E-state index in [1.807, 2.05) is 38.1 Å². The van der Waals surface area contributed by atoms with Gasteiger partial charge in [-0.05, 0) is 51.0 Å². The van der Waals surface area contributed by atoms with Gasteiger partial charge in [0.1, 0.15) is 15.6 Å². The van der Waals surface area contributed by atoms with Crippen LogP contribution in [0.2, 0.25) is 0 Å². The number of aromatic nitrogens is 1. The number of nitrogens with zero attached hydrogens (tertiary/aromatic N) is 1. The van der Waals surface area contributed by atoms with Crippen molar-refractivity contribution in [3.8, 4) is 16.3 Å². The molecule has 2 N–H and O–H groups in total. The first-order chi connectivity index (χ1) is 12.5. The van der Waals surface area contributed by atoms with Crippen molar-refractivity contribution >= 4 is 23.2 Å². The van der Waals surface area contributed by atoms with Gasteiger partial charge in [-0.1, -0.05) is 6.42 Å². The third-order valence-corrected chi connectivity index (χ3v) is 4.97. The number of nitrogens with one attached hydrogen (secondary N) is 1. The Bertz CT molecular complexity index is 740. The van der Waals surface area contributed by atoms with Crippen LogP contribution >= 0.6 is 11.3 Å². The largest absolute Gasteiger partial charge is 0.494 e. The SMILES string of the molecule is CCOc1ccc(-c2nc(C)c(C(=O)NCCCCCC(=O)O)s2)cc1. The standard InChI is InChI=1S/C19H24N2O4S/c1-3-25-15-10-8-14(9-11-15)19-21-13(2)17(26-19)18(24)20-12-6-4-5-7-16(22)23/h8-11H,3-7,12H2,1-2H3,(H,20,24)(H,22,23). The van der Waals surface area contributed by atoms with Gasteiger partial charge in [0.25, 0.3) is 5.91 Å². The number of aryl methyl sites for hydroxylation is 1. The van der Waals surface area contributed by atoms with Crippen LogP contribution < -0.4 is 10.1 Å². The predicted octanol–water partition coefficient (Wildman–Crippen LogP) is 3.89. The third kappa shape index (κ3) is 5.84. The van der Waals surface area contributed by atoms with Crippen molar-refractivity contribution in [3.05, 3.63) is 34.8 Å². The number of ether oxygens (including phenoxy) is 1. The van der Waals surface area contributed by atoms with Crippen LogP contribution in [-0.2, 0) is 4.79 Å². The van der Waals surface area contributed by atoms with E-state index in [-0.39, 0.29) is 12.3 Å². The van der Waals surface area contributed by atoms with Crippen LogP contribution in [0.25, 0.3) is 10.6 Å². The van der Waals surface area contributed by atoms with Crippen molar-refractivity contribution < 1.29 is 19.4 Å². The fraction of sp³-hybridized carbons (Fsp3) is 0.421. The zero-order valence-electron chi connectivity index (χ0n) is 15.1. The number of carbonyl (C=O) groups is 2. The van der Waals surface area contributed by atoms with Gasteiger partial charge in [0.05, 0.1) is 12.3 Å². The zero-order valence-corrected chi connectivity index (χ0v) is 15.9. The molecule has 0 radical (unpaired) electrons. The Morgan fingerprint density at radius 2 is 1.92 bits per heavy atom. The van der Waals surface area contributed by atoms with Crippen LogP contribution in [0.15, 0.2) is 24.3 Å². The van der Waals surface area contributed by atoms with Gasteiger partial charge in [-0.2, -0.15) is 0 Å². The number of thiazole rings is 1. The van der Waals surface area contributed by atoms with Crippen molar-refractivity contribution in [1.82, 2.24) is 10.3 Å². The number of aliphatic carboxylic acids is 1. The van der Waals surface area contributed by atoms with Gasteiger partial charge in [-0.15, -0.1) is 11.3 Å². The Morgan fingerprint density at radius 1 is 1.19 bits per heavy atom. The normalized spacial score (nSPS) is 10.5. The van der Waals surface area contributed by atoms with E-state index in [4.69, 9.17) is 9.84 Å². The lowest BCUT2D eigenvalue weighted by atomic mass is 10.2. The van der Waals surface area contributed by atoms with Crippen LogP contribution in [0.3, 0.4) is 0 Å².